The van der Waals surface area contributed by atoms with Gasteiger partial charge in [0.05, 0.1) is 13.2 Å². The molecule has 0 aromatic rings. The van der Waals surface area contributed by atoms with Gasteiger partial charge in [0.15, 0.2) is 0 Å². The number of carboxylic acid groups (broad SMARTS) is 1. The van der Waals surface area contributed by atoms with E-state index in [0.717, 1.165) is 12.8 Å². The van der Waals surface area contributed by atoms with Crippen molar-refractivity contribution >= 4 is 19.8 Å². The van der Waals surface area contributed by atoms with Gasteiger partial charge >= 0.3 is 19.8 Å². The molecule has 0 heterocycles. The van der Waals surface area contributed by atoms with Crippen molar-refractivity contribution in [1.29, 1.82) is 0 Å². The van der Waals surface area contributed by atoms with Crippen LogP contribution in [0.5, 0.6) is 0 Å². The zero-order chi connectivity index (χ0) is 24.2. The van der Waals surface area contributed by atoms with Gasteiger partial charge in [-0.2, -0.15) is 0 Å². The van der Waals surface area contributed by atoms with Gasteiger partial charge in [-0.3, -0.25) is 18.6 Å². The van der Waals surface area contributed by atoms with Crippen LogP contribution >= 0.6 is 7.82 Å². The molecule has 0 fully saturated rings. The van der Waals surface area contributed by atoms with Gasteiger partial charge < -0.3 is 25.6 Å². The number of carbonyl (C=O) groups excluding carboxylic acids is 1. The summed E-state index contributed by atoms with van der Waals surface area (Å²) in [5.74, 6) is -1.85. The number of carbonyl (C=O) groups is 2. The summed E-state index contributed by atoms with van der Waals surface area (Å²) in [6.45, 7) is 0.486. The normalized spacial score (nSPS) is 15.1. The summed E-state index contributed by atoms with van der Waals surface area (Å²) in [6.07, 6.45) is 13.3. The molecule has 0 aromatic carbocycles. The minimum absolute atomic E-state index is 0.250. The largest absolute Gasteiger partial charge is 0.480 e. The first kappa shape index (κ1) is 31.0. The van der Waals surface area contributed by atoms with E-state index in [1.165, 1.54) is 57.8 Å². The lowest BCUT2D eigenvalue weighted by atomic mass is 10.0. The third-order valence-electron chi connectivity index (χ3n) is 4.84. The van der Waals surface area contributed by atoms with E-state index in [-0.39, 0.29) is 13.0 Å². The molecule has 0 aliphatic heterocycles. The lowest BCUT2D eigenvalue weighted by Gasteiger charge is -2.16. The highest BCUT2D eigenvalue weighted by Gasteiger charge is 2.26. The molecule has 0 aliphatic carbocycles. The van der Waals surface area contributed by atoms with E-state index in [1.54, 1.807) is 0 Å². The van der Waals surface area contributed by atoms with Crippen molar-refractivity contribution in [2.45, 2.75) is 103 Å². The second-order valence-corrected chi connectivity index (χ2v) is 9.43. The molecule has 0 saturated carbocycles. The van der Waals surface area contributed by atoms with Gasteiger partial charge in [0, 0.05) is 6.42 Å². The first-order chi connectivity index (χ1) is 15.2. The topological polar surface area (TPSA) is 166 Å². The van der Waals surface area contributed by atoms with E-state index in [9.17, 15) is 24.2 Å². The maximum atomic E-state index is 11.7. The van der Waals surface area contributed by atoms with Gasteiger partial charge in [-0.15, -0.1) is 0 Å². The van der Waals surface area contributed by atoms with E-state index in [2.05, 4.69) is 16.0 Å². The summed E-state index contributed by atoms with van der Waals surface area (Å²) >= 11 is 0. The molecule has 11 heteroatoms. The van der Waals surface area contributed by atoms with Gasteiger partial charge in [-0.05, 0) is 6.42 Å². The lowest BCUT2D eigenvalue weighted by molar-refractivity contribution is -0.147. The van der Waals surface area contributed by atoms with E-state index in [4.69, 9.17) is 15.6 Å². The molecule has 0 bridgehead atoms. The number of aliphatic carboxylic acids is 1. The maximum absolute atomic E-state index is 11.7. The molecule has 190 valence electrons. The van der Waals surface area contributed by atoms with Crippen LogP contribution in [0.1, 0.15) is 90.4 Å². The molecule has 0 aromatic heterocycles. The third kappa shape index (κ3) is 19.6. The standard InChI is InChI=1S/C21H42NO9P/c1-2-3-4-5-6-7-8-9-10-11-12-13-14-20(24)29-15-18(23)16-30-32(27,28)31-17-19(22)21(25)26/h18-19,23H,2-17,22H2,1H3,(H,25,26)(H,27,28)/t18-,19+/m1/s1. The Hall–Kier alpha value is -1.03. The van der Waals surface area contributed by atoms with Crippen molar-refractivity contribution in [1.82, 2.24) is 0 Å². The van der Waals surface area contributed by atoms with Gasteiger partial charge in [-0.1, -0.05) is 77.6 Å². The van der Waals surface area contributed by atoms with Crippen molar-refractivity contribution in [2.75, 3.05) is 19.8 Å². The summed E-state index contributed by atoms with van der Waals surface area (Å²) < 4.78 is 25.4. The third-order valence-corrected chi connectivity index (χ3v) is 5.79. The maximum Gasteiger partial charge on any atom is 0.472 e. The number of hydrogen-bond donors (Lipinski definition) is 4. The molecule has 0 rings (SSSR count). The molecule has 3 atom stereocenters. The van der Waals surface area contributed by atoms with E-state index in [0.29, 0.717) is 6.42 Å². The quantitative estimate of drug-likeness (QED) is 0.102. The zero-order valence-electron chi connectivity index (χ0n) is 19.3. The van der Waals surface area contributed by atoms with Crippen LogP contribution in [0.4, 0.5) is 0 Å². The molecular weight excluding hydrogens is 441 g/mol. The van der Waals surface area contributed by atoms with Gasteiger partial charge in [0.25, 0.3) is 0 Å². The monoisotopic (exact) mass is 483 g/mol. The Balaban J connectivity index is 3.63. The SMILES string of the molecule is CCCCCCCCCCCCCCC(=O)OC[C@@H](O)COP(=O)(O)OC[C@H](N)C(=O)O. The van der Waals surface area contributed by atoms with Crippen molar-refractivity contribution in [3.8, 4) is 0 Å². The molecule has 0 saturated heterocycles. The van der Waals surface area contributed by atoms with E-state index >= 15 is 0 Å². The summed E-state index contributed by atoms with van der Waals surface area (Å²) in [7, 11) is -4.57. The lowest BCUT2D eigenvalue weighted by Crippen LogP contribution is -2.34. The van der Waals surface area contributed by atoms with Crippen LogP contribution in [0.25, 0.3) is 0 Å². The highest BCUT2D eigenvalue weighted by atomic mass is 31.2. The molecule has 0 amide bonds. The number of carboxylic acids is 1. The average Bonchev–Trinajstić information content (AvgIpc) is 2.75. The highest BCUT2D eigenvalue weighted by Crippen LogP contribution is 2.43. The number of nitrogens with two attached hydrogens (primary N) is 1. The van der Waals surface area contributed by atoms with Crippen LogP contribution in [0.2, 0.25) is 0 Å². The number of phosphoric acid groups is 1. The number of aliphatic hydroxyl groups is 1. The molecule has 5 N–H and O–H groups in total. The van der Waals surface area contributed by atoms with Crippen LogP contribution in [0.3, 0.4) is 0 Å². The summed E-state index contributed by atoms with van der Waals surface area (Å²) in [5, 5.41) is 18.3. The molecule has 0 spiro atoms. The number of phosphoric ester groups is 1. The summed E-state index contributed by atoms with van der Waals surface area (Å²) in [4.78, 5) is 31.6. The fourth-order valence-corrected chi connectivity index (χ4v) is 3.67. The average molecular weight is 484 g/mol. The number of ether oxygens (including phenoxy) is 1. The van der Waals surface area contributed by atoms with Gasteiger partial charge in [-0.25, -0.2) is 4.57 Å². The summed E-state index contributed by atoms with van der Waals surface area (Å²) in [6, 6.07) is -1.48. The molecular formula is C21H42NO9P. The van der Waals surface area contributed by atoms with Crippen molar-refractivity contribution in [2.24, 2.45) is 5.73 Å². The van der Waals surface area contributed by atoms with Crippen LogP contribution in [-0.2, 0) is 27.9 Å². The molecule has 10 nitrogen and oxygen atoms in total. The molecule has 0 aliphatic rings. The first-order valence-electron chi connectivity index (χ1n) is 11.6. The Morgan fingerprint density at radius 1 is 0.844 bits per heavy atom. The second-order valence-electron chi connectivity index (χ2n) is 7.98. The Morgan fingerprint density at radius 2 is 1.31 bits per heavy atom. The van der Waals surface area contributed by atoms with Crippen LogP contribution in [0, 0.1) is 0 Å². The van der Waals surface area contributed by atoms with Crippen LogP contribution < -0.4 is 5.73 Å². The minimum Gasteiger partial charge on any atom is -0.480 e. The minimum atomic E-state index is -4.57. The highest BCUT2D eigenvalue weighted by molar-refractivity contribution is 7.47. The van der Waals surface area contributed by atoms with E-state index in [1.807, 2.05) is 0 Å². The molecule has 32 heavy (non-hydrogen) atoms. The number of unbranched alkanes of at least 4 members (excludes halogenated alkanes) is 11. The molecule has 1 unspecified atom stereocenters. The van der Waals surface area contributed by atoms with E-state index < -0.39 is 45.1 Å². The Morgan fingerprint density at radius 3 is 1.81 bits per heavy atom. The molecule has 0 radical (unpaired) electrons. The zero-order valence-corrected chi connectivity index (χ0v) is 20.2. The summed E-state index contributed by atoms with van der Waals surface area (Å²) in [5.41, 5.74) is 5.15. The number of hydrogen-bond acceptors (Lipinski definition) is 8. The fourth-order valence-electron chi connectivity index (χ4n) is 2.88. The Labute approximate surface area is 191 Å². The first-order valence-corrected chi connectivity index (χ1v) is 13.1. The van der Waals surface area contributed by atoms with Crippen LogP contribution in [0.15, 0.2) is 0 Å². The Kier molecular flexibility index (Phi) is 18.8. The van der Waals surface area contributed by atoms with Crippen LogP contribution in [-0.4, -0.2) is 59.0 Å². The van der Waals surface area contributed by atoms with Gasteiger partial charge in [0.2, 0.25) is 0 Å². The predicted molar refractivity (Wildman–Crippen MR) is 120 cm³/mol. The fraction of sp³-hybridized carbons (Fsp3) is 0.905. The Bertz CT molecular complexity index is 547. The smallest absolute Gasteiger partial charge is 0.472 e. The van der Waals surface area contributed by atoms with Crippen molar-refractivity contribution in [3.63, 3.8) is 0 Å². The van der Waals surface area contributed by atoms with Crippen molar-refractivity contribution < 1.29 is 43.0 Å². The number of rotatable bonds is 22. The second kappa shape index (κ2) is 19.4. The number of esters is 1. The predicted octanol–water partition coefficient (Wildman–Crippen LogP) is 3.53. The number of aliphatic hydroxyl groups excluding tert-OH is 1. The van der Waals surface area contributed by atoms with Gasteiger partial charge in [0.1, 0.15) is 18.8 Å². The van der Waals surface area contributed by atoms with Crippen molar-refractivity contribution in [3.05, 3.63) is 0 Å².